The predicted octanol–water partition coefficient (Wildman–Crippen LogP) is 1.88. The Hall–Kier alpha value is -0.330. The van der Waals surface area contributed by atoms with Gasteiger partial charge in [-0.15, -0.1) is 0 Å². The molecule has 6 heteroatoms. The van der Waals surface area contributed by atoms with Crippen molar-refractivity contribution in [2.75, 3.05) is 0 Å². The first-order chi connectivity index (χ1) is 5.04. The minimum Gasteiger partial charge on any atom is -0.309 e. The molecule has 1 N–H and O–H groups in total. The predicted molar refractivity (Wildman–Crippen MR) is 51.2 cm³/mol. The summed E-state index contributed by atoms with van der Waals surface area (Å²) < 4.78 is 5.12. The van der Waals surface area contributed by atoms with Crippen LogP contribution in [0.2, 0.25) is 0 Å². The van der Waals surface area contributed by atoms with E-state index in [1.54, 1.807) is 23.2 Å². The van der Waals surface area contributed by atoms with Crippen molar-refractivity contribution in [1.29, 1.82) is 0 Å². The van der Waals surface area contributed by atoms with Crippen LogP contribution in [-0.2, 0) is 14.1 Å². The standard InChI is InChI=1S/C5H7N3S3/c1-7-3(9)6-4(10)8(2)5(7)11/h1-2H3,(H,6,9,10). The number of rotatable bonds is 0. The maximum Gasteiger partial charge on any atom is 0.183 e. The molecule has 1 heterocycles. The lowest BCUT2D eigenvalue weighted by molar-refractivity contribution is 0.679. The van der Waals surface area contributed by atoms with E-state index in [4.69, 9.17) is 36.7 Å². The second-order valence-electron chi connectivity index (χ2n) is 2.14. The number of aromatic amines is 1. The van der Waals surface area contributed by atoms with Crippen molar-refractivity contribution in [2.45, 2.75) is 0 Å². The molecule has 0 saturated heterocycles. The van der Waals surface area contributed by atoms with Crippen molar-refractivity contribution in [1.82, 2.24) is 14.1 Å². The summed E-state index contributed by atoms with van der Waals surface area (Å²) in [6.45, 7) is 0. The third-order valence-electron chi connectivity index (χ3n) is 1.40. The minimum atomic E-state index is 0.554. The van der Waals surface area contributed by atoms with E-state index >= 15 is 0 Å². The Morgan fingerprint density at radius 3 is 1.73 bits per heavy atom. The highest BCUT2D eigenvalue weighted by molar-refractivity contribution is 7.72. The Balaban J connectivity index is 3.89. The van der Waals surface area contributed by atoms with Gasteiger partial charge >= 0.3 is 0 Å². The van der Waals surface area contributed by atoms with Gasteiger partial charge in [0.25, 0.3) is 0 Å². The largest absolute Gasteiger partial charge is 0.309 e. The summed E-state index contributed by atoms with van der Waals surface area (Å²) >= 11 is 14.9. The zero-order valence-electron chi connectivity index (χ0n) is 6.12. The lowest BCUT2D eigenvalue weighted by Crippen LogP contribution is -2.07. The van der Waals surface area contributed by atoms with Crippen LogP contribution < -0.4 is 0 Å². The van der Waals surface area contributed by atoms with Crippen molar-refractivity contribution >= 4 is 36.7 Å². The second kappa shape index (κ2) is 2.96. The molecule has 0 saturated carbocycles. The summed E-state index contributed by atoms with van der Waals surface area (Å²) in [7, 11) is 3.60. The number of nitrogens with one attached hydrogen (secondary N) is 1. The lowest BCUT2D eigenvalue weighted by Gasteiger charge is -2.03. The van der Waals surface area contributed by atoms with Gasteiger partial charge in [0.1, 0.15) is 0 Å². The normalized spacial score (nSPS) is 10.0. The van der Waals surface area contributed by atoms with Gasteiger partial charge in [0, 0.05) is 14.1 Å². The van der Waals surface area contributed by atoms with E-state index in [1.165, 1.54) is 0 Å². The molecule has 0 bridgehead atoms. The molecule has 0 atom stereocenters. The fourth-order valence-electron chi connectivity index (χ4n) is 0.658. The Morgan fingerprint density at radius 1 is 1.00 bits per heavy atom. The van der Waals surface area contributed by atoms with Crippen LogP contribution in [0.4, 0.5) is 0 Å². The van der Waals surface area contributed by atoms with Gasteiger partial charge in [-0.25, -0.2) is 0 Å². The molecule has 0 aliphatic rings. The zero-order valence-corrected chi connectivity index (χ0v) is 8.57. The molecule has 0 aromatic carbocycles. The Labute approximate surface area is 79.3 Å². The smallest absolute Gasteiger partial charge is 0.183 e. The highest BCUT2D eigenvalue weighted by Gasteiger charge is 1.91. The van der Waals surface area contributed by atoms with Gasteiger partial charge in [-0.2, -0.15) is 0 Å². The number of nitrogens with zero attached hydrogens (tertiary/aromatic N) is 2. The molecule has 1 rings (SSSR count). The fraction of sp³-hybridized carbons (Fsp3) is 0.400. The molecular weight excluding hydrogens is 198 g/mol. The number of hydrogen-bond donors (Lipinski definition) is 1. The second-order valence-corrected chi connectivity index (χ2v) is 3.27. The average Bonchev–Trinajstić information content (AvgIpc) is 1.97. The molecule has 0 fully saturated rings. The van der Waals surface area contributed by atoms with Crippen LogP contribution in [0.25, 0.3) is 0 Å². The highest BCUT2D eigenvalue weighted by Crippen LogP contribution is 1.91. The average molecular weight is 205 g/mol. The van der Waals surface area contributed by atoms with Gasteiger partial charge in [-0.3, -0.25) is 9.13 Å². The van der Waals surface area contributed by atoms with Crippen molar-refractivity contribution < 1.29 is 0 Å². The Morgan fingerprint density at radius 2 is 1.36 bits per heavy atom. The lowest BCUT2D eigenvalue weighted by atomic mass is 10.9. The molecule has 0 aliphatic heterocycles. The van der Waals surface area contributed by atoms with Crippen LogP contribution >= 0.6 is 36.7 Å². The Kier molecular flexibility index (Phi) is 2.36. The molecule has 11 heavy (non-hydrogen) atoms. The van der Waals surface area contributed by atoms with E-state index in [0.29, 0.717) is 14.3 Å². The van der Waals surface area contributed by atoms with Crippen molar-refractivity contribution in [2.24, 2.45) is 14.1 Å². The van der Waals surface area contributed by atoms with Crippen LogP contribution in [-0.4, -0.2) is 14.1 Å². The maximum absolute atomic E-state index is 5.04. The summed E-state index contributed by atoms with van der Waals surface area (Å²) in [6.07, 6.45) is 0. The van der Waals surface area contributed by atoms with Gasteiger partial charge in [-0.05, 0) is 36.7 Å². The van der Waals surface area contributed by atoms with Crippen molar-refractivity contribution in [3.63, 3.8) is 0 Å². The van der Waals surface area contributed by atoms with Crippen LogP contribution in [0.15, 0.2) is 0 Å². The van der Waals surface area contributed by atoms with Crippen LogP contribution in [0.3, 0.4) is 0 Å². The van der Waals surface area contributed by atoms with E-state index in [-0.39, 0.29) is 0 Å². The molecule has 0 radical (unpaired) electrons. The number of hydrogen-bond acceptors (Lipinski definition) is 3. The zero-order chi connectivity index (χ0) is 8.59. The van der Waals surface area contributed by atoms with E-state index in [0.717, 1.165) is 0 Å². The molecule has 0 amide bonds. The summed E-state index contributed by atoms with van der Waals surface area (Å²) in [4.78, 5) is 2.84. The molecule has 1 aromatic rings. The monoisotopic (exact) mass is 205 g/mol. The van der Waals surface area contributed by atoms with Gasteiger partial charge in [0.2, 0.25) is 0 Å². The third kappa shape index (κ3) is 1.47. The molecular formula is C5H7N3S3. The van der Waals surface area contributed by atoms with Crippen LogP contribution in [0.1, 0.15) is 0 Å². The third-order valence-corrected chi connectivity index (χ3v) is 2.70. The SMILES string of the molecule is Cn1c(=S)[nH]c(=S)n(C)c1=S. The van der Waals surface area contributed by atoms with E-state index < -0.39 is 0 Å². The first-order valence-corrected chi connectivity index (χ1v) is 4.13. The van der Waals surface area contributed by atoms with Crippen molar-refractivity contribution in [3.05, 3.63) is 14.3 Å². The van der Waals surface area contributed by atoms with E-state index in [1.807, 2.05) is 0 Å². The van der Waals surface area contributed by atoms with Gasteiger partial charge in [-0.1, -0.05) is 0 Å². The number of aromatic nitrogens is 3. The van der Waals surface area contributed by atoms with Crippen molar-refractivity contribution in [3.8, 4) is 0 Å². The van der Waals surface area contributed by atoms with Crippen LogP contribution in [0, 0.1) is 14.3 Å². The van der Waals surface area contributed by atoms with Gasteiger partial charge in [0.15, 0.2) is 14.3 Å². The first-order valence-electron chi connectivity index (χ1n) is 2.90. The first kappa shape index (κ1) is 8.76. The Bertz CT molecular complexity index is 398. The van der Waals surface area contributed by atoms with Crippen LogP contribution in [0.5, 0.6) is 0 Å². The summed E-state index contributed by atoms with van der Waals surface area (Å²) in [5.74, 6) is 0. The molecule has 60 valence electrons. The summed E-state index contributed by atoms with van der Waals surface area (Å²) in [5.41, 5.74) is 0. The number of H-pyrrole nitrogens is 1. The molecule has 3 nitrogen and oxygen atoms in total. The van der Waals surface area contributed by atoms with Gasteiger partial charge < -0.3 is 4.98 Å². The summed E-state index contributed by atoms with van der Waals surface area (Å²) in [5, 5.41) is 0. The summed E-state index contributed by atoms with van der Waals surface area (Å²) in [6, 6.07) is 0. The minimum absolute atomic E-state index is 0.554. The molecule has 0 aliphatic carbocycles. The van der Waals surface area contributed by atoms with E-state index in [2.05, 4.69) is 4.98 Å². The molecule has 1 aromatic heterocycles. The quantitative estimate of drug-likeness (QED) is 0.655. The van der Waals surface area contributed by atoms with E-state index in [9.17, 15) is 0 Å². The molecule has 0 unspecified atom stereocenters. The fourth-order valence-corrected chi connectivity index (χ4v) is 1.39. The van der Waals surface area contributed by atoms with Gasteiger partial charge in [0.05, 0.1) is 0 Å². The topological polar surface area (TPSA) is 25.6 Å². The maximum atomic E-state index is 5.04. The highest BCUT2D eigenvalue weighted by atomic mass is 32.1. The molecule has 0 spiro atoms.